The Morgan fingerprint density at radius 2 is 1.89 bits per heavy atom. The topological polar surface area (TPSA) is 84.0 Å². The summed E-state index contributed by atoms with van der Waals surface area (Å²) < 4.78 is 12.2. The van der Waals surface area contributed by atoms with Crippen LogP contribution in [-0.4, -0.2) is 78.6 Å². The van der Waals surface area contributed by atoms with Crippen LogP contribution in [0.3, 0.4) is 0 Å². The zero-order chi connectivity index (χ0) is 25.7. The van der Waals surface area contributed by atoms with Gasteiger partial charge in [-0.05, 0) is 63.9 Å². The Morgan fingerprint density at radius 1 is 1.17 bits per heavy atom. The lowest BCUT2D eigenvalue weighted by Crippen LogP contribution is -2.49. The van der Waals surface area contributed by atoms with Crippen LogP contribution in [0.15, 0.2) is 42.7 Å². The molecular formula is C28H38N4O4. The van der Waals surface area contributed by atoms with E-state index in [1.165, 1.54) is 0 Å². The molecule has 0 aliphatic carbocycles. The van der Waals surface area contributed by atoms with Crippen molar-refractivity contribution in [3.63, 3.8) is 0 Å². The summed E-state index contributed by atoms with van der Waals surface area (Å²) in [6.07, 6.45) is 5.17. The van der Waals surface area contributed by atoms with Crippen LogP contribution in [0.1, 0.15) is 54.3 Å². The third-order valence-corrected chi connectivity index (χ3v) is 7.11. The van der Waals surface area contributed by atoms with Crippen LogP contribution in [0.25, 0.3) is 0 Å². The molecule has 2 amide bonds. The van der Waals surface area contributed by atoms with Crippen LogP contribution in [0.5, 0.6) is 5.75 Å². The van der Waals surface area contributed by atoms with Gasteiger partial charge in [0.05, 0.1) is 11.3 Å². The molecule has 2 aromatic rings. The van der Waals surface area contributed by atoms with Crippen molar-refractivity contribution in [2.24, 2.45) is 11.8 Å². The maximum Gasteiger partial charge on any atom is 0.257 e. The van der Waals surface area contributed by atoms with Gasteiger partial charge in [0.25, 0.3) is 11.8 Å². The maximum atomic E-state index is 13.6. The first kappa shape index (κ1) is 26.1. The third-order valence-electron chi connectivity index (χ3n) is 7.11. The van der Waals surface area contributed by atoms with Gasteiger partial charge in [-0.3, -0.25) is 14.6 Å². The Balaban J connectivity index is 1.62. The SMILES string of the molecule is CC(C)N1C[C@H](C)[C@@H](CN(C)CC2CCOCC2)Oc2c(NC(=O)c3ccncc3)cccc2C1=O. The average Bonchev–Trinajstić information content (AvgIpc) is 2.87. The van der Waals surface area contributed by atoms with E-state index in [1.54, 1.807) is 42.7 Å². The molecule has 8 heteroatoms. The van der Waals surface area contributed by atoms with Gasteiger partial charge >= 0.3 is 0 Å². The highest BCUT2D eigenvalue weighted by Gasteiger charge is 2.34. The van der Waals surface area contributed by atoms with Gasteiger partial charge in [-0.2, -0.15) is 0 Å². The lowest BCUT2D eigenvalue weighted by molar-refractivity contribution is 0.0325. The van der Waals surface area contributed by atoms with Crippen LogP contribution < -0.4 is 10.1 Å². The Hall–Kier alpha value is -2.97. The number of rotatable bonds is 7. The number of ether oxygens (including phenoxy) is 2. The smallest absolute Gasteiger partial charge is 0.257 e. The van der Waals surface area contributed by atoms with Crippen molar-refractivity contribution in [1.29, 1.82) is 0 Å². The second kappa shape index (κ2) is 11.8. The van der Waals surface area contributed by atoms with Crippen molar-refractivity contribution in [3.05, 3.63) is 53.9 Å². The van der Waals surface area contributed by atoms with E-state index in [0.29, 0.717) is 35.0 Å². The van der Waals surface area contributed by atoms with E-state index in [0.717, 1.165) is 39.1 Å². The van der Waals surface area contributed by atoms with Gasteiger partial charge in [0, 0.05) is 62.8 Å². The fourth-order valence-corrected chi connectivity index (χ4v) is 4.98. The molecule has 2 atom stereocenters. The molecule has 1 saturated heterocycles. The van der Waals surface area contributed by atoms with Crippen LogP contribution in [0.2, 0.25) is 0 Å². The molecule has 2 aliphatic heterocycles. The largest absolute Gasteiger partial charge is 0.486 e. The second-order valence-corrected chi connectivity index (χ2v) is 10.3. The highest BCUT2D eigenvalue weighted by molar-refractivity contribution is 6.07. The summed E-state index contributed by atoms with van der Waals surface area (Å²) in [6, 6.07) is 8.72. The maximum absolute atomic E-state index is 13.6. The van der Waals surface area contributed by atoms with Gasteiger partial charge in [-0.25, -0.2) is 0 Å². The number of nitrogens with zero attached hydrogens (tertiary/aromatic N) is 3. The Morgan fingerprint density at radius 3 is 2.58 bits per heavy atom. The number of pyridine rings is 1. The molecule has 0 unspecified atom stereocenters. The average molecular weight is 495 g/mol. The molecular weight excluding hydrogens is 456 g/mol. The predicted molar refractivity (Wildman–Crippen MR) is 139 cm³/mol. The van der Waals surface area contributed by atoms with Crippen molar-refractivity contribution in [1.82, 2.24) is 14.8 Å². The number of fused-ring (bicyclic) bond motifs is 1. The first-order valence-electron chi connectivity index (χ1n) is 12.9. The minimum Gasteiger partial charge on any atom is -0.486 e. The van der Waals surface area contributed by atoms with Gasteiger partial charge in [0.15, 0.2) is 5.75 Å². The van der Waals surface area contributed by atoms with Gasteiger partial charge in [-0.15, -0.1) is 0 Å². The van der Waals surface area contributed by atoms with Crippen LogP contribution >= 0.6 is 0 Å². The molecule has 2 aliphatic rings. The highest BCUT2D eigenvalue weighted by atomic mass is 16.5. The fraction of sp³-hybridized carbons (Fsp3) is 0.536. The summed E-state index contributed by atoms with van der Waals surface area (Å²) in [7, 11) is 2.13. The number of para-hydroxylation sites is 1. The normalized spacial score (nSPS) is 21.1. The first-order chi connectivity index (χ1) is 17.3. The molecule has 1 aromatic heterocycles. The summed E-state index contributed by atoms with van der Waals surface area (Å²) in [5, 5.41) is 2.96. The van der Waals surface area contributed by atoms with Crippen LogP contribution in [0.4, 0.5) is 5.69 Å². The molecule has 0 bridgehead atoms. The molecule has 36 heavy (non-hydrogen) atoms. The molecule has 3 heterocycles. The molecule has 1 aromatic carbocycles. The number of nitrogens with one attached hydrogen (secondary N) is 1. The van der Waals surface area contributed by atoms with E-state index in [9.17, 15) is 9.59 Å². The van der Waals surface area contributed by atoms with Crippen LogP contribution in [0, 0.1) is 11.8 Å². The van der Waals surface area contributed by atoms with Gasteiger partial charge in [0.1, 0.15) is 6.10 Å². The Labute approximate surface area is 214 Å². The van der Waals surface area contributed by atoms with Crippen molar-refractivity contribution >= 4 is 17.5 Å². The molecule has 4 rings (SSSR count). The standard InChI is InChI=1S/C28H38N4O4/c1-19(2)32-16-20(3)25(18-31(4)17-21-10-14-35-15-11-21)36-26-23(28(32)34)6-5-7-24(26)30-27(33)22-8-12-29-13-9-22/h5-9,12-13,19-21,25H,10-11,14-18H2,1-4H3,(H,30,33)/t20-,25+/m0/s1. The van der Waals surface area contributed by atoms with Crippen LogP contribution in [-0.2, 0) is 4.74 Å². The molecule has 8 nitrogen and oxygen atoms in total. The summed E-state index contributed by atoms with van der Waals surface area (Å²) >= 11 is 0. The predicted octanol–water partition coefficient (Wildman–Crippen LogP) is 3.94. The second-order valence-electron chi connectivity index (χ2n) is 10.3. The number of likely N-dealkylation sites (N-methyl/N-ethyl adjacent to an activating group) is 1. The summed E-state index contributed by atoms with van der Waals surface area (Å²) in [4.78, 5) is 34.7. The van der Waals surface area contributed by atoms with Gasteiger partial charge < -0.3 is 24.6 Å². The van der Waals surface area contributed by atoms with Gasteiger partial charge in [-0.1, -0.05) is 13.0 Å². The van der Waals surface area contributed by atoms with E-state index in [-0.39, 0.29) is 29.9 Å². The van der Waals surface area contributed by atoms with Crippen molar-refractivity contribution < 1.29 is 19.1 Å². The lowest BCUT2D eigenvalue weighted by atomic mass is 9.97. The number of aromatic nitrogens is 1. The van der Waals surface area contributed by atoms with Crippen molar-refractivity contribution in [3.8, 4) is 5.75 Å². The van der Waals surface area contributed by atoms with E-state index in [4.69, 9.17) is 9.47 Å². The summed E-state index contributed by atoms with van der Waals surface area (Å²) in [6.45, 7) is 10.2. The minimum atomic E-state index is -0.272. The number of amides is 2. The zero-order valence-electron chi connectivity index (χ0n) is 21.8. The molecule has 194 valence electrons. The summed E-state index contributed by atoms with van der Waals surface area (Å²) in [5.41, 5.74) is 1.46. The number of hydrogen-bond donors (Lipinski definition) is 1. The quantitative estimate of drug-likeness (QED) is 0.628. The number of carbonyl (C=O) groups is 2. The minimum absolute atomic E-state index is 0.0431. The number of anilines is 1. The molecule has 0 spiro atoms. The van der Waals surface area contributed by atoms with E-state index in [2.05, 4.69) is 29.2 Å². The van der Waals surface area contributed by atoms with E-state index < -0.39 is 0 Å². The first-order valence-corrected chi connectivity index (χ1v) is 12.9. The highest BCUT2D eigenvalue weighted by Crippen LogP contribution is 2.35. The fourth-order valence-electron chi connectivity index (χ4n) is 4.98. The van der Waals surface area contributed by atoms with E-state index in [1.807, 2.05) is 18.7 Å². The molecule has 1 N–H and O–H groups in total. The zero-order valence-corrected chi connectivity index (χ0v) is 21.8. The van der Waals surface area contributed by atoms with Gasteiger partial charge in [0.2, 0.25) is 0 Å². The number of hydrogen-bond acceptors (Lipinski definition) is 6. The summed E-state index contributed by atoms with van der Waals surface area (Å²) in [5.74, 6) is 0.799. The third kappa shape index (κ3) is 6.23. The molecule has 0 radical (unpaired) electrons. The number of benzene rings is 1. The molecule has 1 fully saturated rings. The Kier molecular flexibility index (Phi) is 8.59. The monoisotopic (exact) mass is 494 g/mol. The van der Waals surface area contributed by atoms with Crippen molar-refractivity contribution in [2.45, 2.75) is 45.8 Å². The van der Waals surface area contributed by atoms with E-state index >= 15 is 0 Å². The van der Waals surface area contributed by atoms with Crippen molar-refractivity contribution in [2.75, 3.05) is 45.2 Å². The Bertz CT molecular complexity index is 1040. The lowest BCUT2D eigenvalue weighted by Gasteiger charge is -2.38. The molecule has 0 saturated carbocycles. The number of carbonyl (C=O) groups excluding carboxylic acids is 2.